The smallest absolute Gasteiger partial charge is 0.313 e. The molecule has 2 aromatic rings. The Morgan fingerprint density at radius 2 is 2.32 bits per heavy atom. The first kappa shape index (κ1) is 12.0. The van der Waals surface area contributed by atoms with Crippen LogP contribution >= 0.6 is 0 Å². The van der Waals surface area contributed by atoms with Gasteiger partial charge in [-0.25, -0.2) is 4.98 Å². The first-order valence-electron chi connectivity index (χ1n) is 6.32. The number of carbonyl (C=O) groups excluding carboxylic acids is 1. The normalized spacial score (nSPS) is 16.3. The van der Waals surface area contributed by atoms with Crippen LogP contribution in [0, 0.1) is 12.3 Å². The molecule has 100 valence electrons. The summed E-state index contributed by atoms with van der Waals surface area (Å²) in [5, 5.41) is 3.28. The maximum Gasteiger partial charge on any atom is 0.313 e. The standard InChI is InChI=1S/C14H16N2O3/c1-9-16-11-4-3-10(7-12(11)19-9)15-8-14(5-6-14)13(17)18-2/h3-4,7,15H,5-6,8H2,1-2H3. The zero-order valence-corrected chi connectivity index (χ0v) is 11.0. The molecule has 1 heterocycles. The molecule has 1 saturated carbocycles. The zero-order valence-electron chi connectivity index (χ0n) is 11.0. The van der Waals surface area contributed by atoms with Crippen LogP contribution in [0.4, 0.5) is 5.69 Å². The predicted molar refractivity (Wildman–Crippen MR) is 70.9 cm³/mol. The Morgan fingerprint density at radius 1 is 1.53 bits per heavy atom. The van der Waals surface area contributed by atoms with Gasteiger partial charge in [0.25, 0.3) is 0 Å². The Balaban J connectivity index is 1.73. The van der Waals surface area contributed by atoms with Crippen molar-refractivity contribution in [2.75, 3.05) is 19.0 Å². The number of anilines is 1. The number of oxazole rings is 1. The number of aromatic nitrogens is 1. The van der Waals surface area contributed by atoms with Gasteiger partial charge in [-0.05, 0) is 25.0 Å². The minimum atomic E-state index is -0.332. The van der Waals surface area contributed by atoms with Gasteiger partial charge in [-0.2, -0.15) is 0 Å². The van der Waals surface area contributed by atoms with E-state index in [1.54, 1.807) is 0 Å². The summed E-state index contributed by atoms with van der Waals surface area (Å²) >= 11 is 0. The van der Waals surface area contributed by atoms with E-state index in [0.29, 0.717) is 12.4 Å². The molecular formula is C14H16N2O3. The topological polar surface area (TPSA) is 64.4 Å². The fourth-order valence-electron chi connectivity index (χ4n) is 2.24. The van der Waals surface area contributed by atoms with Gasteiger partial charge < -0.3 is 14.5 Å². The van der Waals surface area contributed by atoms with E-state index >= 15 is 0 Å². The van der Waals surface area contributed by atoms with Crippen LogP contribution in [-0.4, -0.2) is 24.6 Å². The molecule has 5 nitrogen and oxygen atoms in total. The third kappa shape index (κ3) is 2.16. The Bertz CT molecular complexity index is 629. The van der Waals surface area contributed by atoms with Crippen LogP contribution in [0.2, 0.25) is 0 Å². The number of fused-ring (bicyclic) bond motifs is 1. The number of carbonyl (C=O) groups is 1. The minimum Gasteiger partial charge on any atom is -0.469 e. The average molecular weight is 260 g/mol. The fourth-order valence-corrected chi connectivity index (χ4v) is 2.24. The Morgan fingerprint density at radius 3 is 3.00 bits per heavy atom. The van der Waals surface area contributed by atoms with Gasteiger partial charge in [-0.1, -0.05) is 0 Å². The highest BCUT2D eigenvalue weighted by molar-refractivity contribution is 5.81. The van der Waals surface area contributed by atoms with Crippen LogP contribution in [0.5, 0.6) is 0 Å². The second-order valence-corrected chi connectivity index (χ2v) is 5.04. The summed E-state index contributed by atoms with van der Waals surface area (Å²) < 4.78 is 10.3. The molecular weight excluding hydrogens is 244 g/mol. The number of esters is 1. The van der Waals surface area contributed by atoms with Crippen LogP contribution in [-0.2, 0) is 9.53 Å². The van der Waals surface area contributed by atoms with Crippen LogP contribution in [0.25, 0.3) is 11.1 Å². The van der Waals surface area contributed by atoms with Crippen molar-refractivity contribution >= 4 is 22.8 Å². The molecule has 19 heavy (non-hydrogen) atoms. The molecule has 1 fully saturated rings. The summed E-state index contributed by atoms with van der Waals surface area (Å²) in [6.45, 7) is 2.42. The Labute approximate surface area is 111 Å². The molecule has 1 aromatic carbocycles. The Kier molecular flexibility index (Phi) is 2.69. The molecule has 1 aromatic heterocycles. The highest BCUT2D eigenvalue weighted by Crippen LogP contribution is 2.46. The fraction of sp³-hybridized carbons (Fsp3) is 0.429. The Hall–Kier alpha value is -2.04. The molecule has 0 bridgehead atoms. The van der Waals surface area contributed by atoms with Crippen molar-refractivity contribution in [1.29, 1.82) is 0 Å². The van der Waals surface area contributed by atoms with Gasteiger partial charge in [0.2, 0.25) is 0 Å². The van der Waals surface area contributed by atoms with Gasteiger partial charge in [0.15, 0.2) is 11.5 Å². The van der Waals surface area contributed by atoms with E-state index in [-0.39, 0.29) is 11.4 Å². The van der Waals surface area contributed by atoms with Gasteiger partial charge in [-0.15, -0.1) is 0 Å². The van der Waals surface area contributed by atoms with E-state index < -0.39 is 0 Å². The van der Waals surface area contributed by atoms with Gasteiger partial charge in [0, 0.05) is 25.2 Å². The van der Waals surface area contributed by atoms with Crippen molar-refractivity contribution < 1.29 is 13.9 Å². The molecule has 1 aliphatic rings. The summed E-state index contributed by atoms with van der Waals surface area (Å²) in [6, 6.07) is 5.76. The summed E-state index contributed by atoms with van der Waals surface area (Å²) in [5.41, 5.74) is 2.20. The van der Waals surface area contributed by atoms with Gasteiger partial charge >= 0.3 is 5.97 Å². The average Bonchev–Trinajstić information content (AvgIpc) is 3.11. The predicted octanol–water partition coefficient (Wildman–Crippen LogP) is 2.50. The summed E-state index contributed by atoms with van der Waals surface area (Å²) in [7, 11) is 1.44. The van der Waals surface area contributed by atoms with Crippen LogP contribution in [0.15, 0.2) is 22.6 Å². The number of ether oxygens (including phenoxy) is 1. The number of methoxy groups -OCH3 is 1. The highest BCUT2D eigenvalue weighted by Gasteiger charge is 2.50. The van der Waals surface area contributed by atoms with E-state index in [4.69, 9.17) is 9.15 Å². The summed E-state index contributed by atoms with van der Waals surface area (Å²) in [6.07, 6.45) is 1.77. The lowest BCUT2D eigenvalue weighted by molar-refractivity contribution is -0.146. The van der Waals surface area contributed by atoms with E-state index in [2.05, 4.69) is 10.3 Å². The summed E-state index contributed by atoms with van der Waals surface area (Å²) in [4.78, 5) is 15.9. The molecule has 0 radical (unpaired) electrons. The molecule has 1 aliphatic carbocycles. The van der Waals surface area contributed by atoms with Gasteiger partial charge in [0.1, 0.15) is 5.52 Å². The number of aryl methyl sites for hydroxylation is 1. The SMILES string of the molecule is COC(=O)C1(CNc2ccc3nc(C)oc3c2)CC1. The number of benzene rings is 1. The van der Waals surface area contributed by atoms with Crippen molar-refractivity contribution in [3.05, 3.63) is 24.1 Å². The minimum absolute atomic E-state index is 0.128. The summed E-state index contributed by atoms with van der Waals surface area (Å²) in [5.74, 6) is 0.525. The molecule has 3 rings (SSSR count). The van der Waals surface area contributed by atoms with Crippen LogP contribution in [0.3, 0.4) is 0 Å². The van der Waals surface area contributed by atoms with E-state index in [1.165, 1.54) is 7.11 Å². The zero-order chi connectivity index (χ0) is 13.5. The molecule has 0 saturated heterocycles. The molecule has 0 amide bonds. The second kappa shape index (κ2) is 4.26. The quantitative estimate of drug-likeness (QED) is 0.856. The van der Waals surface area contributed by atoms with Crippen LogP contribution < -0.4 is 5.32 Å². The molecule has 0 aliphatic heterocycles. The third-order valence-electron chi connectivity index (χ3n) is 3.60. The highest BCUT2D eigenvalue weighted by atomic mass is 16.5. The van der Waals surface area contributed by atoms with Crippen molar-refractivity contribution in [3.8, 4) is 0 Å². The van der Waals surface area contributed by atoms with Crippen molar-refractivity contribution in [1.82, 2.24) is 4.98 Å². The van der Waals surface area contributed by atoms with E-state index in [9.17, 15) is 4.79 Å². The van der Waals surface area contributed by atoms with Crippen molar-refractivity contribution in [3.63, 3.8) is 0 Å². The van der Waals surface area contributed by atoms with E-state index in [1.807, 2.05) is 25.1 Å². The first-order valence-corrected chi connectivity index (χ1v) is 6.32. The maximum absolute atomic E-state index is 11.6. The lowest BCUT2D eigenvalue weighted by Crippen LogP contribution is -2.25. The molecule has 5 heteroatoms. The number of rotatable bonds is 4. The molecule has 0 unspecified atom stereocenters. The van der Waals surface area contributed by atoms with Crippen LogP contribution in [0.1, 0.15) is 18.7 Å². The number of hydrogen-bond acceptors (Lipinski definition) is 5. The van der Waals surface area contributed by atoms with Gasteiger partial charge in [-0.3, -0.25) is 4.79 Å². The molecule has 0 spiro atoms. The lowest BCUT2D eigenvalue weighted by atomic mass is 10.1. The largest absolute Gasteiger partial charge is 0.469 e. The first-order chi connectivity index (χ1) is 9.13. The molecule has 0 atom stereocenters. The number of nitrogens with zero attached hydrogens (tertiary/aromatic N) is 1. The van der Waals surface area contributed by atoms with Crippen molar-refractivity contribution in [2.45, 2.75) is 19.8 Å². The second-order valence-electron chi connectivity index (χ2n) is 5.04. The molecule has 1 N–H and O–H groups in total. The lowest BCUT2D eigenvalue weighted by Gasteiger charge is -2.14. The monoisotopic (exact) mass is 260 g/mol. The van der Waals surface area contributed by atoms with Crippen molar-refractivity contribution in [2.24, 2.45) is 5.41 Å². The third-order valence-corrected chi connectivity index (χ3v) is 3.60. The maximum atomic E-state index is 11.6. The number of hydrogen-bond donors (Lipinski definition) is 1. The number of nitrogens with one attached hydrogen (secondary N) is 1. The van der Waals surface area contributed by atoms with E-state index in [0.717, 1.165) is 29.6 Å². The van der Waals surface area contributed by atoms with Gasteiger partial charge in [0.05, 0.1) is 12.5 Å².